The number of carbonyl (C=O) groups excluding carboxylic acids is 2. The Morgan fingerprint density at radius 1 is 1.18 bits per heavy atom. The summed E-state index contributed by atoms with van der Waals surface area (Å²) in [6.45, 7) is 3.57. The molecule has 0 radical (unpaired) electrons. The Morgan fingerprint density at radius 3 is 2.24 bits per heavy atom. The summed E-state index contributed by atoms with van der Waals surface area (Å²) in [6, 6.07) is 8.99. The van der Waals surface area contributed by atoms with Crippen molar-refractivity contribution in [2.75, 3.05) is 7.05 Å². The van der Waals surface area contributed by atoms with Gasteiger partial charge in [-0.1, -0.05) is 37.3 Å². The van der Waals surface area contributed by atoms with E-state index in [1.54, 1.807) is 26.1 Å². The van der Waals surface area contributed by atoms with Crippen molar-refractivity contribution in [2.45, 2.75) is 20.3 Å². The summed E-state index contributed by atoms with van der Waals surface area (Å²) in [5, 5.41) is 2.55. The lowest BCUT2D eigenvalue weighted by atomic mass is 9.98. The van der Waals surface area contributed by atoms with Gasteiger partial charge in [0.25, 0.3) is 0 Å². The molecule has 0 saturated carbocycles. The maximum absolute atomic E-state index is 12.1. The average Bonchev–Trinajstić information content (AvgIpc) is 2.39. The van der Waals surface area contributed by atoms with E-state index >= 15 is 0 Å². The monoisotopic (exact) mass is 231 g/mol. The van der Waals surface area contributed by atoms with Crippen LogP contribution in [0.4, 0.5) is 0 Å². The molecule has 1 amide bonds. The van der Waals surface area contributed by atoms with Crippen molar-refractivity contribution in [1.82, 2.24) is 5.32 Å². The van der Waals surface area contributed by atoms with E-state index in [1.165, 1.54) is 0 Å². The Kier molecular flexibility index (Phi) is 4.64. The zero-order valence-electron chi connectivity index (χ0n) is 10.4. The number of rotatable bonds is 4. The minimum absolute atomic E-state index is 0.0916. The van der Waals surface area contributed by atoms with Crippen LogP contribution >= 0.6 is 0 Å². The van der Waals surface area contributed by atoms with E-state index in [4.69, 9.17) is 0 Å². The molecule has 1 rings (SSSR count). The number of allylic oxidation sites excluding steroid dienone is 1. The van der Waals surface area contributed by atoms with Gasteiger partial charge < -0.3 is 5.32 Å². The number of Topliss-reactive ketones (excluding diaryl/α,β-unsaturated/α-hetero) is 1. The minimum atomic E-state index is -0.186. The molecule has 90 valence electrons. The molecule has 0 aromatic heterocycles. The summed E-state index contributed by atoms with van der Waals surface area (Å²) < 4.78 is 0. The molecule has 3 heteroatoms. The topological polar surface area (TPSA) is 46.2 Å². The zero-order valence-corrected chi connectivity index (χ0v) is 10.4. The predicted octanol–water partition coefficient (Wildman–Crippen LogP) is 2.34. The summed E-state index contributed by atoms with van der Waals surface area (Å²) in [5.41, 5.74) is 1.67. The smallest absolute Gasteiger partial charge is 0.247 e. The van der Waals surface area contributed by atoms with Crippen LogP contribution in [0.5, 0.6) is 0 Å². The maximum Gasteiger partial charge on any atom is 0.247 e. The molecular weight excluding hydrogens is 214 g/mol. The van der Waals surface area contributed by atoms with Crippen LogP contribution in [0.15, 0.2) is 41.5 Å². The van der Waals surface area contributed by atoms with Crippen molar-refractivity contribution in [2.24, 2.45) is 0 Å². The first-order valence-corrected chi connectivity index (χ1v) is 5.63. The molecule has 1 aromatic carbocycles. The van der Waals surface area contributed by atoms with E-state index in [2.05, 4.69) is 5.32 Å². The minimum Gasteiger partial charge on any atom is -0.355 e. The standard InChI is InChI=1S/C14H17NO2/c1-4-12(14(17)15-3)10(2)13(16)11-8-6-5-7-9-11/h5-9H,4H2,1-3H3,(H,15,17)/b12-10+. The first kappa shape index (κ1) is 13.2. The SMILES string of the molecule is CC/C(C(=O)NC)=C(/C)C(=O)c1ccccc1. The molecule has 0 atom stereocenters. The van der Waals surface area contributed by atoms with Gasteiger partial charge in [-0.05, 0) is 13.3 Å². The largest absolute Gasteiger partial charge is 0.355 e. The molecule has 0 unspecified atom stereocenters. The van der Waals surface area contributed by atoms with Crippen LogP contribution in [-0.2, 0) is 4.79 Å². The number of likely N-dealkylation sites (N-methyl/N-ethyl adjacent to an activating group) is 1. The number of carbonyl (C=O) groups is 2. The summed E-state index contributed by atoms with van der Waals surface area (Å²) in [6.07, 6.45) is 0.546. The molecule has 0 aliphatic carbocycles. The van der Waals surface area contributed by atoms with Gasteiger partial charge in [0.15, 0.2) is 5.78 Å². The Bertz CT molecular complexity index is 447. The number of hydrogen-bond acceptors (Lipinski definition) is 2. The van der Waals surface area contributed by atoms with E-state index in [0.29, 0.717) is 23.1 Å². The molecule has 0 fully saturated rings. The summed E-state index contributed by atoms with van der Waals surface area (Å²) in [4.78, 5) is 23.7. The highest BCUT2D eigenvalue weighted by molar-refractivity contribution is 6.13. The van der Waals surface area contributed by atoms with Crippen LogP contribution in [0, 0.1) is 0 Å². The number of benzene rings is 1. The first-order chi connectivity index (χ1) is 8.11. The third-order valence-corrected chi connectivity index (χ3v) is 2.68. The van der Waals surface area contributed by atoms with Crippen LogP contribution in [0.25, 0.3) is 0 Å². The van der Waals surface area contributed by atoms with Crippen LogP contribution in [0.1, 0.15) is 30.6 Å². The van der Waals surface area contributed by atoms with Gasteiger partial charge in [0.05, 0.1) is 0 Å². The molecule has 0 spiro atoms. The predicted molar refractivity (Wildman–Crippen MR) is 67.8 cm³/mol. The third kappa shape index (κ3) is 3.03. The summed E-state index contributed by atoms with van der Waals surface area (Å²) in [5.74, 6) is -0.277. The molecule has 1 aromatic rings. The molecule has 0 heterocycles. The van der Waals surface area contributed by atoms with Crippen molar-refractivity contribution < 1.29 is 9.59 Å². The zero-order chi connectivity index (χ0) is 12.8. The van der Waals surface area contributed by atoms with E-state index < -0.39 is 0 Å². The van der Waals surface area contributed by atoms with Crippen molar-refractivity contribution in [3.8, 4) is 0 Å². The number of amides is 1. The fraction of sp³-hybridized carbons (Fsp3) is 0.286. The second-order valence-corrected chi connectivity index (χ2v) is 3.73. The fourth-order valence-electron chi connectivity index (χ4n) is 1.69. The normalized spacial score (nSPS) is 11.7. The lowest BCUT2D eigenvalue weighted by Gasteiger charge is -2.08. The highest BCUT2D eigenvalue weighted by atomic mass is 16.2. The van der Waals surface area contributed by atoms with Gasteiger partial charge in [0.2, 0.25) is 5.91 Å². The van der Waals surface area contributed by atoms with E-state index in [-0.39, 0.29) is 11.7 Å². The molecule has 0 saturated heterocycles. The van der Waals surface area contributed by atoms with Crippen molar-refractivity contribution in [1.29, 1.82) is 0 Å². The number of nitrogens with one attached hydrogen (secondary N) is 1. The lowest BCUT2D eigenvalue weighted by Crippen LogP contribution is -2.22. The van der Waals surface area contributed by atoms with E-state index in [0.717, 1.165) is 0 Å². The molecule has 17 heavy (non-hydrogen) atoms. The van der Waals surface area contributed by atoms with Gasteiger partial charge in [0, 0.05) is 23.8 Å². The van der Waals surface area contributed by atoms with Gasteiger partial charge in [-0.15, -0.1) is 0 Å². The Balaban J connectivity index is 3.10. The number of hydrogen-bond donors (Lipinski definition) is 1. The molecule has 1 N–H and O–H groups in total. The van der Waals surface area contributed by atoms with Gasteiger partial charge >= 0.3 is 0 Å². The van der Waals surface area contributed by atoms with Crippen molar-refractivity contribution in [3.63, 3.8) is 0 Å². The average molecular weight is 231 g/mol. The quantitative estimate of drug-likeness (QED) is 0.638. The Morgan fingerprint density at radius 2 is 1.76 bits per heavy atom. The van der Waals surface area contributed by atoms with Gasteiger partial charge in [0.1, 0.15) is 0 Å². The van der Waals surface area contributed by atoms with E-state index in [1.807, 2.05) is 25.1 Å². The van der Waals surface area contributed by atoms with E-state index in [9.17, 15) is 9.59 Å². The van der Waals surface area contributed by atoms with Gasteiger partial charge in [-0.25, -0.2) is 0 Å². The Labute approximate surface area is 102 Å². The highest BCUT2D eigenvalue weighted by Crippen LogP contribution is 2.14. The lowest BCUT2D eigenvalue weighted by molar-refractivity contribution is -0.117. The number of ketones is 1. The van der Waals surface area contributed by atoms with Crippen LogP contribution in [0.2, 0.25) is 0 Å². The molecule has 0 aliphatic rings. The molecular formula is C14H17NO2. The molecule has 0 aliphatic heterocycles. The van der Waals surface area contributed by atoms with Crippen LogP contribution < -0.4 is 5.32 Å². The van der Waals surface area contributed by atoms with Crippen LogP contribution in [-0.4, -0.2) is 18.7 Å². The summed E-state index contributed by atoms with van der Waals surface area (Å²) >= 11 is 0. The van der Waals surface area contributed by atoms with Crippen molar-refractivity contribution in [3.05, 3.63) is 47.0 Å². The highest BCUT2D eigenvalue weighted by Gasteiger charge is 2.15. The fourth-order valence-corrected chi connectivity index (χ4v) is 1.69. The first-order valence-electron chi connectivity index (χ1n) is 5.63. The third-order valence-electron chi connectivity index (χ3n) is 2.68. The molecule has 0 bridgehead atoms. The summed E-state index contributed by atoms with van der Waals surface area (Å²) in [7, 11) is 1.57. The van der Waals surface area contributed by atoms with Crippen molar-refractivity contribution >= 4 is 11.7 Å². The molecule has 3 nitrogen and oxygen atoms in total. The van der Waals surface area contributed by atoms with Gasteiger partial charge in [-0.2, -0.15) is 0 Å². The second kappa shape index (κ2) is 5.99. The Hall–Kier alpha value is -1.90. The second-order valence-electron chi connectivity index (χ2n) is 3.73. The van der Waals surface area contributed by atoms with Gasteiger partial charge in [-0.3, -0.25) is 9.59 Å². The maximum atomic E-state index is 12.1. The van der Waals surface area contributed by atoms with Crippen LogP contribution in [0.3, 0.4) is 0 Å².